The van der Waals surface area contributed by atoms with Gasteiger partial charge in [-0.1, -0.05) is 13.0 Å². The van der Waals surface area contributed by atoms with Gasteiger partial charge in [0.25, 0.3) is 0 Å². The third-order valence-electron chi connectivity index (χ3n) is 2.32. The molecule has 0 saturated heterocycles. The Kier molecular flexibility index (Phi) is 3.28. The van der Waals surface area contributed by atoms with Gasteiger partial charge in [-0.2, -0.15) is 5.26 Å². The summed E-state index contributed by atoms with van der Waals surface area (Å²) in [6.07, 6.45) is 2.46. The summed E-state index contributed by atoms with van der Waals surface area (Å²) in [5, 5.41) is 11.0. The number of thiophene rings is 1. The summed E-state index contributed by atoms with van der Waals surface area (Å²) in [6, 6.07) is 8.10. The first kappa shape index (κ1) is 10.8. The van der Waals surface area contributed by atoms with E-state index in [2.05, 4.69) is 16.0 Å². The van der Waals surface area contributed by atoms with Crippen molar-refractivity contribution in [1.82, 2.24) is 9.97 Å². The predicted molar refractivity (Wildman–Crippen MR) is 64.0 cm³/mol. The van der Waals surface area contributed by atoms with Crippen LogP contribution >= 0.6 is 11.3 Å². The second-order valence-electron chi connectivity index (χ2n) is 3.37. The zero-order chi connectivity index (χ0) is 11.4. The Morgan fingerprint density at radius 3 is 3.00 bits per heavy atom. The fourth-order valence-electron chi connectivity index (χ4n) is 1.43. The van der Waals surface area contributed by atoms with Crippen LogP contribution in [0.3, 0.4) is 0 Å². The average Bonchev–Trinajstić information content (AvgIpc) is 2.85. The number of nitriles is 1. The molecule has 80 valence electrons. The van der Waals surface area contributed by atoms with E-state index in [1.165, 1.54) is 0 Å². The van der Waals surface area contributed by atoms with Crippen molar-refractivity contribution in [2.45, 2.75) is 19.3 Å². The van der Waals surface area contributed by atoms with Crippen LogP contribution in [0, 0.1) is 11.3 Å². The van der Waals surface area contributed by atoms with Crippen LogP contribution in [0.5, 0.6) is 0 Å². The van der Waals surface area contributed by atoms with Gasteiger partial charge >= 0.3 is 0 Å². The van der Waals surface area contributed by atoms with Crippen LogP contribution in [0.2, 0.25) is 0 Å². The third-order valence-corrected chi connectivity index (χ3v) is 3.22. The van der Waals surface area contributed by atoms with Crippen molar-refractivity contribution in [3.8, 4) is 16.6 Å². The summed E-state index contributed by atoms with van der Waals surface area (Å²) in [5.74, 6) is 0.413. The Morgan fingerprint density at radius 2 is 2.38 bits per heavy atom. The van der Waals surface area contributed by atoms with E-state index >= 15 is 0 Å². The van der Waals surface area contributed by atoms with Gasteiger partial charge in [-0.15, -0.1) is 11.3 Å². The smallest absolute Gasteiger partial charge is 0.146 e. The molecule has 0 amide bonds. The number of aromatic nitrogens is 2. The molecule has 0 radical (unpaired) electrons. The van der Waals surface area contributed by atoms with Crippen LogP contribution in [-0.2, 0) is 0 Å². The molecule has 0 saturated carbocycles. The molecule has 2 aromatic rings. The summed E-state index contributed by atoms with van der Waals surface area (Å²) in [6.45, 7) is 1.97. The number of hydrogen-bond acceptors (Lipinski definition) is 4. The van der Waals surface area contributed by atoms with E-state index in [0.29, 0.717) is 5.82 Å². The second-order valence-corrected chi connectivity index (χ2v) is 4.32. The van der Waals surface area contributed by atoms with Gasteiger partial charge in [0, 0.05) is 6.20 Å². The molecule has 0 aliphatic rings. The average molecular weight is 229 g/mol. The van der Waals surface area contributed by atoms with Crippen molar-refractivity contribution < 1.29 is 0 Å². The maximum absolute atomic E-state index is 8.97. The van der Waals surface area contributed by atoms with Crippen molar-refractivity contribution in [1.29, 1.82) is 5.26 Å². The summed E-state index contributed by atoms with van der Waals surface area (Å²) in [7, 11) is 0. The Hall–Kier alpha value is -1.73. The standard InChI is InChI=1S/C12H11N3S/c1-2-9(8-13)12-14-6-5-10(15-12)11-4-3-7-16-11/h3-7,9H,2H2,1H3. The summed E-state index contributed by atoms with van der Waals surface area (Å²) in [5.41, 5.74) is 0.897. The molecule has 0 aliphatic heterocycles. The first-order chi connectivity index (χ1) is 7.85. The Morgan fingerprint density at radius 1 is 1.50 bits per heavy atom. The van der Waals surface area contributed by atoms with Crippen LogP contribution < -0.4 is 0 Å². The van der Waals surface area contributed by atoms with Crippen LogP contribution in [0.25, 0.3) is 10.6 Å². The van der Waals surface area contributed by atoms with Gasteiger partial charge in [0.1, 0.15) is 11.7 Å². The van der Waals surface area contributed by atoms with Gasteiger partial charge < -0.3 is 0 Å². The summed E-state index contributed by atoms with van der Waals surface area (Å²) >= 11 is 1.64. The molecule has 2 heterocycles. The van der Waals surface area contributed by atoms with Gasteiger partial charge in [-0.05, 0) is 23.9 Å². The predicted octanol–water partition coefficient (Wildman–Crippen LogP) is 3.22. The molecule has 2 rings (SSSR count). The molecule has 1 unspecified atom stereocenters. The fraction of sp³-hybridized carbons (Fsp3) is 0.250. The highest BCUT2D eigenvalue weighted by atomic mass is 32.1. The van der Waals surface area contributed by atoms with Gasteiger partial charge in [-0.25, -0.2) is 9.97 Å². The second kappa shape index (κ2) is 4.86. The molecular formula is C12H11N3S. The summed E-state index contributed by atoms with van der Waals surface area (Å²) < 4.78 is 0. The minimum Gasteiger partial charge on any atom is -0.240 e. The Labute approximate surface area is 98.4 Å². The molecule has 0 bridgehead atoms. The van der Waals surface area contributed by atoms with Gasteiger partial charge in [-0.3, -0.25) is 0 Å². The maximum atomic E-state index is 8.97. The third kappa shape index (κ3) is 2.10. The lowest BCUT2D eigenvalue weighted by Crippen LogP contribution is -2.01. The maximum Gasteiger partial charge on any atom is 0.146 e. The highest BCUT2D eigenvalue weighted by Crippen LogP contribution is 2.24. The van der Waals surface area contributed by atoms with Crippen molar-refractivity contribution in [3.05, 3.63) is 35.6 Å². The van der Waals surface area contributed by atoms with Crippen molar-refractivity contribution >= 4 is 11.3 Å². The van der Waals surface area contributed by atoms with E-state index in [1.807, 2.05) is 30.5 Å². The molecule has 2 aromatic heterocycles. The van der Waals surface area contributed by atoms with E-state index in [1.54, 1.807) is 17.5 Å². The number of hydrogen-bond donors (Lipinski definition) is 0. The van der Waals surface area contributed by atoms with E-state index in [-0.39, 0.29) is 5.92 Å². The molecule has 3 nitrogen and oxygen atoms in total. The normalized spacial score (nSPS) is 12.0. The highest BCUT2D eigenvalue weighted by Gasteiger charge is 2.12. The topological polar surface area (TPSA) is 49.6 Å². The monoisotopic (exact) mass is 229 g/mol. The number of rotatable bonds is 3. The van der Waals surface area contributed by atoms with Crippen molar-refractivity contribution in [2.24, 2.45) is 0 Å². The van der Waals surface area contributed by atoms with Gasteiger partial charge in [0.05, 0.1) is 16.6 Å². The molecular weight excluding hydrogens is 218 g/mol. The minimum atomic E-state index is -0.208. The quantitative estimate of drug-likeness (QED) is 0.812. The largest absolute Gasteiger partial charge is 0.240 e. The van der Waals surface area contributed by atoms with E-state index in [4.69, 9.17) is 5.26 Å². The molecule has 16 heavy (non-hydrogen) atoms. The van der Waals surface area contributed by atoms with Crippen molar-refractivity contribution in [2.75, 3.05) is 0 Å². The van der Waals surface area contributed by atoms with Crippen LogP contribution in [0.4, 0.5) is 0 Å². The lowest BCUT2D eigenvalue weighted by molar-refractivity contribution is 0.752. The molecule has 0 spiro atoms. The Bertz CT molecular complexity index is 499. The minimum absolute atomic E-state index is 0.208. The van der Waals surface area contributed by atoms with E-state index < -0.39 is 0 Å². The fourth-order valence-corrected chi connectivity index (χ4v) is 2.13. The lowest BCUT2D eigenvalue weighted by atomic mass is 10.1. The van der Waals surface area contributed by atoms with Gasteiger partial charge in [0.2, 0.25) is 0 Å². The molecule has 0 fully saturated rings. The van der Waals surface area contributed by atoms with Crippen molar-refractivity contribution in [3.63, 3.8) is 0 Å². The SMILES string of the molecule is CCC(C#N)c1nccc(-c2cccs2)n1. The molecule has 4 heteroatoms. The highest BCUT2D eigenvalue weighted by molar-refractivity contribution is 7.13. The lowest BCUT2D eigenvalue weighted by Gasteiger charge is -2.05. The van der Waals surface area contributed by atoms with E-state index in [0.717, 1.165) is 17.0 Å². The van der Waals surface area contributed by atoms with E-state index in [9.17, 15) is 0 Å². The molecule has 1 atom stereocenters. The molecule has 0 aromatic carbocycles. The van der Waals surface area contributed by atoms with Gasteiger partial charge in [0.15, 0.2) is 0 Å². The zero-order valence-electron chi connectivity index (χ0n) is 8.92. The zero-order valence-corrected chi connectivity index (χ0v) is 9.74. The van der Waals surface area contributed by atoms with Crippen LogP contribution in [0.1, 0.15) is 25.1 Å². The molecule has 0 aliphatic carbocycles. The summed E-state index contributed by atoms with van der Waals surface area (Å²) in [4.78, 5) is 9.70. The first-order valence-electron chi connectivity index (χ1n) is 5.11. The first-order valence-corrected chi connectivity index (χ1v) is 5.99. The molecule has 0 N–H and O–H groups in total. The Balaban J connectivity index is 2.38. The van der Waals surface area contributed by atoms with Crippen LogP contribution in [-0.4, -0.2) is 9.97 Å². The number of nitrogens with zero attached hydrogens (tertiary/aromatic N) is 3. The van der Waals surface area contributed by atoms with Crippen LogP contribution in [0.15, 0.2) is 29.8 Å².